The highest BCUT2D eigenvalue weighted by Gasteiger charge is 2.18. The SMILES string of the molecule is CCCCCCCCCCCCCCCCCCCCCC/C=C/C(O)C(CO)NC(=O)CCCCCCCCCCCCCCCC/C=C\C/C=C\CCOC(=O)CCCCCCCCCCCCCCCCCCCCC. The van der Waals surface area contributed by atoms with Crippen molar-refractivity contribution in [3.8, 4) is 0 Å². The molecule has 0 bridgehead atoms. The van der Waals surface area contributed by atoms with Gasteiger partial charge in [-0.25, -0.2) is 0 Å². The molecule has 79 heavy (non-hydrogen) atoms. The molecule has 0 aliphatic heterocycles. The number of ether oxygens (including phenoxy) is 1. The fourth-order valence-electron chi connectivity index (χ4n) is 11.2. The van der Waals surface area contributed by atoms with Gasteiger partial charge in [0.1, 0.15) is 0 Å². The van der Waals surface area contributed by atoms with Gasteiger partial charge in [0.25, 0.3) is 0 Å². The maximum absolute atomic E-state index is 12.5. The Kier molecular flexibility index (Phi) is 66.9. The third kappa shape index (κ3) is 65.1. The van der Waals surface area contributed by atoms with E-state index in [1.165, 1.54) is 315 Å². The smallest absolute Gasteiger partial charge is 0.305 e. The van der Waals surface area contributed by atoms with Crippen molar-refractivity contribution < 1.29 is 24.5 Å². The van der Waals surface area contributed by atoms with Crippen molar-refractivity contribution in [3.63, 3.8) is 0 Å². The van der Waals surface area contributed by atoms with Gasteiger partial charge in [-0.05, 0) is 51.4 Å². The van der Waals surface area contributed by atoms with E-state index in [0.717, 1.165) is 51.4 Å². The Morgan fingerprint density at radius 1 is 0.354 bits per heavy atom. The fraction of sp³-hybridized carbons (Fsp3) is 0.890. The van der Waals surface area contributed by atoms with Crippen LogP contribution in [0.5, 0.6) is 0 Å². The third-order valence-corrected chi connectivity index (χ3v) is 16.7. The van der Waals surface area contributed by atoms with Gasteiger partial charge in [-0.2, -0.15) is 0 Å². The van der Waals surface area contributed by atoms with E-state index in [0.29, 0.717) is 19.4 Å². The molecule has 2 unspecified atom stereocenters. The summed E-state index contributed by atoms with van der Waals surface area (Å²) < 4.78 is 5.44. The first-order valence-corrected chi connectivity index (χ1v) is 35.8. The highest BCUT2D eigenvalue weighted by molar-refractivity contribution is 5.76. The van der Waals surface area contributed by atoms with Gasteiger partial charge in [0.2, 0.25) is 5.91 Å². The maximum atomic E-state index is 12.5. The molecule has 0 aliphatic rings. The van der Waals surface area contributed by atoms with E-state index in [4.69, 9.17) is 4.74 Å². The van der Waals surface area contributed by atoms with Crippen LogP contribution in [0.1, 0.15) is 393 Å². The summed E-state index contributed by atoms with van der Waals surface area (Å²) in [5.41, 5.74) is 0. The molecule has 0 aromatic rings. The lowest BCUT2D eigenvalue weighted by Crippen LogP contribution is -2.45. The van der Waals surface area contributed by atoms with Crippen LogP contribution >= 0.6 is 0 Å². The summed E-state index contributed by atoms with van der Waals surface area (Å²) in [5.74, 6) is -0.0993. The quantitative estimate of drug-likeness (QED) is 0.0320. The second kappa shape index (κ2) is 68.6. The lowest BCUT2D eigenvalue weighted by molar-refractivity contribution is -0.143. The Bertz CT molecular complexity index is 1280. The molecule has 6 nitrogen and oxygen atoms in total. The molecule has 0 saturated carbocycles. The van der Waals surface area contributed by atoms with Crippen molar-refractivity contribution in [1.29, 1.82) is 0 Å². The normalized spacial score (nSPS) is 12.7. The lowest BCUT2D eigenvalue weighted by Gasteiger charge is -2.20. The molecule has 2 atom stereocenters. The zero-order chi connectivity index (χ0) is 57.1. The first-order chi connectivity index (χ1) is 39.0. The van der Waals surface area contributed by atoms with Crippen LogP contribution < -0.4 is 5.32 Å². The highest BCUT2D eigenvalue weighted by atomic mass is 16.5. The minimum absolute atomic E-state index is 0.0303. The molecule has 0 heterocycles. The fourth-order valence-corrected chi connectivity index (χ4v) is 11.2. The van der Waals surface area contributed by atoms with Crippen LogP contribution in [0.4, 0.5) is 0 Å². The predicted octanol–water partition coefficient (Wildman–Crippen LogP) is 23.1. The molecule has 3 N–H and O–H groups in total. The van der Waals surface area contributed by atoms with E-state index < -0.39 is 12.1 Å². The number of carbonyl (C=O) groups excluding carboxylic acids is 2. The van der Waals surface area contributed by atoms with Crippen LogP contribution in [0.15, 0.2) is 36.5 Å². The Morgan fingerprint density at radius 3 is 0.962 bits per heavy atom. The van der Waals surface area contributed by atoms with Gasteiger partial charge in [0.15, 0.2) is 0 Å². The van der Waals surface area contributed by atoms with Crippen molar-refractivity contribution in [3.05, 3.63) is 36.5 Å². The summed E-state index contributed by atoms with van der Waals surface area (Å²) in [6.07, 6.45) is 88.1. The van der Waals surface area contributed by atoms with E-state index >= 15 is 0 Å². The third-order valence-electron chi connectivity index (χ3n) is 16.7. The number of hydrogen-bond donors (Lipinski definition) is 3. The topological polar surface area (TPSA) is 95.9 Å². The molecule has 0 radical (unpaired) electrons. The number of esters is 1. The summed E-state index contributed by atoms with van der Waals surface area (Å²) in [4.78, 5) is 24.6. The Hall–Kier alpha value is -1.92. The average Bonchev–Trinajstić information content (AvgIpc) is 3.45. The van der Waals surface area contributed by atoms with Gasteiger partial charge in [0.05, 0.1) is 25.4 Å². The highest BCUT2D eigenvalue weighted by Crippen LogP contribution is 2.19. The number of allylic oxidation sites excluding steroid dienone is 4. The van der Waals surface area contributed by atoms with E-state index in [1.54, 1.807) is 6.08 Å². The summed E-state index contributed by atoms with van der Waals surface area (Å²) in [6.45, 7) is 4.84. The van der Waals surface area contributed by atoms with Crippen molar-refractivity contribution >= 4 is 11.9 Å². The molecule has 6 heteroatoms. The average molecular weight is 1110 g/mol. The molecule has 0 saturated heterocycles. The monoisotopic (exact) mass is 1110 g/mol. The van der Waals surface area contributed by atoms with E-state index in [2.05, 4.69) is 43.5 Å². The van der Waals surface area contributed by atoms with Crippen LogP contribution in [0.3, 0.4) is 0 Å². The Labute approximate surface area is 494 Å². The predicted molar refractivity (Wildman–Crippen MR) is 347 cm³/mol. The van der Waals surface area contributed by atoms with Gasteiger partial charge >= 0.3 is 5.97 Å². The number of unbranched alkanes of at least 4 members (excludes halogenated alkanes) is 52. The van der Waals surface area contributed by atoms with Crippen LogP contribution in [0, 0.1) is 0 Å². The summed E-state index contributed by atoms with van der Waals surface area (Å²) >= 11 is 0. The summed E-state index contributed by atoms with van der Waals surface area (Å²) in [7, 11) is 0. The van der Waals surface area contributed by atoms with Gasteiger partial charge in [-0.1, -0.05) is 365 Å². The zero-order valence-electron chi connectivity index (χ0n) is 53.4. The Balaban J connectivity index is 3.45. The standard InChI is InChI=1S/C73H139NO5/c1-3-5-7-9-11-13-15-17-19-21-23-24-26-30-33-37-41-45-49-53-57-61-65-71(76)70(69-75)74-72(77)66-62-58-54-50-46-42-38-34-31-27-25-28-32-36-40-44-48-52-56-60-64-68-79-73(78)67-63-59-55-51-47-43-39-35-29-22-20-18-16-14-12-10-8-6-4-2/h44,48,56,60-61,65,70-71,75-76H,3-43,45-47,49-55,57-59,62-64,66-69H2,1-2H3,(H,74,77)/b48-44-,60-56-,65-61+. The zero-order valence-corrected chi connectivity index (χ0v) is 53.4. The number of aliphatic hydroxyl groups is 2. The number of carbonyl (C=O) groups is 2. The minimum atomic E-state index is -0.850. The van der Waals surface area contributed by atoms with Crippen molar-refractivity contribution in [2.75, 3.05) is 13.2 Å². The van der Waals surface area contributed by atoms with Crippen molar-refractivity contribution in [2.24, 2.45) is 0 Å². The van der Waals surface area contributed by atoms with E-state index in [9.17, 15) is 19.8 Å². The second-order valence-electron chi connectivity index (χ2n) is 24.6. The molecule has 1 amide bonds. The molecule has 0 spiro atoms. The first kappa shape index (κ1) is 77.1. The van der Waals surface area contributed by atoms with Gasteiger partial charge in [0, 0.05) is 12.8 Å². The van der Waals surface area contributed by atoms with Crippen LogP contribution in [-0.4, -0.2) is 47.4 Å². The van der Waals surface area contributed by atoms with Crippen molar-refractivity contribution in [2.45, 2.75) is 405 Å². The minimum Gasteiger partial charge on any atom is -0.465 e. The molecular weight excluding hydrogens is 971 g/mol. The molecule has 0 fully saturated rings. The molecule has 0 aliphatic carbocycles. The number of hydrogen-bond acceptors (Lipinski definition) is 5. The van der Waals surface area contributed by atoms with Crippen molar-refractivity contribution in [1.82, 2.24) is 5.32 Å². The van der Waals surface area contributed by atoms with Crippen LogP contribution in [0.25, 0.3) is 0 Å². The lowest BCUT2D eigenvalue weighted by atomic mass is 10.0. The number of aliphatic hydroxyl groups excluding tert-OH is 2. The second-order valence-corrected chi connectivity index (χ2v) is 24.6. The molecular formula is C73H139NO5. The van der Waals surface area contributed by atoms with E-state index in [-0.39, 0.29) is 18.5 Å². The number of amides is 1. The largest absolute Gasteiger partial charge is 0.465 e. The van der Waals surface area contributed by atoms with E-state index in [1.807, 2.05) is 6.08 Å². The molecule has 0 aromatic heterocycles. The number of rotatable bonds is 67. The van der Waals surface area contributed by atoms with Gasteiger partial charge in [-0.15, -0.1) is 0 Å². The summed E-state index contributed by atoms with van der Waals surface area (Å²) in [5, 5.41) is 23.3. The van der Waals surface area contributed by atoms with Crippen LogP contribution in [0.2, 0.25) is 0 Å². The Morgan fingerprint density at radius 2 is 0.633 bits per heavy atom. The molecule has 0 rings (SSSR count). The van der Waals surface area contributed by atoms with Gasteiger partial charge in [-0.3, -0.25) is 9.59 Å². The molecule has 0 aromatic carbocycles. The number of nitrogens with one attached hydrogen (secondary N) is 1. The van der Waals surface area contributed by atoms with Gasteiger partial charge < -0.3 is 20.3 Å². The first-order valence-electron chi connectivity index (χ1n) is 35.8. The van der Waals surface area contributed by atoms with Crippen LogP contribution in [-0.2, 0) is 14.3 Å². The molecule has 466 valence electrons. The summed E-state index contributed by atoms with van der Waals surface area (Å²) in [6, 6.07) is -0.633. The maximum Gasteiger partial charge on any atom is 0.305 e.